The Morgan fingerprint density at radius 3 is 2.42 bits per heavy atom. The van der Waals surface area contributed by atoms with Gasteiger partial charge in [-0.3, -0.25) is 14.5 Å². The third-order valence-corrected chi connectivity index (χ3v) is 5.58. The lowest BCUT2D eigenvalue weighted by Gasteiger charge is -2.31. The first-order valence-corrected chi connectivity index (χ1v) is 9.93. The number of rotatable bonds is 6. The van der Waals surface area contributed by atoms with E-state index in [-0.39, 0.29) is 0 Å². The maximum absolute atomic E-state index is 12.0. The van der Waals surface area contributed by atoms with Crippen molar-refractivity contribution in [1.82, 2.24) is 15.5 Å². The van der Waals surface area contributed by atoms with Crippen molar-refractivity contribution in [2.24, 2.45) is 5.92 Å². The minimum Gasteiger partial charge on any atom is -0.348 e. The van der Waals surface area contributed by atoms with Crippen LogP contribution in [0.2, 0.25) is 0 Å². The van der Waals surface area contributed by atoms with Crippen LogP contribution in [0.5, 0.6) is 0 Å². The Morgan fingerprint density at radius 1 is 1.00 bits per heavy atom. The Hall–Kier alpha value is -2.18. The second kappa shape index (κ2) is 9.50. The number of thiophene rings is 1. The molecule has 2 N–H and O–H groups in total. The van der Waals surface area contributed by atoms with E-state index in [1.165, 1.54) is 4.88 Å². The van der Waals surface area contributed by atoms with Crippen molar-refractivity contribution in [3.8, 4) is 0 Å². The van der Waals surface area contributed by atoms with E-state index >= 15 is 0 Å². The van der Waals surface area contributed by atoms with Gasteiger partial charge in [-0.15, -0.1) is 11.3 Å². The zero-order valence-electron chi connectivity index (χ0n) is 14.8. The highest BCUT2D eigenvalue weighted by Gasteiger charge is 2.21. The van der Waals surface area contributed by atoms with Gasteiger partial charge in [-0.1, -0.05) is 36.4 Å². The van der Waals surface area contributed by atoms with E-state index in [1.807, 2.05) is 30.3 Å². The summed E-state index contributed by atoms with van der Waals surface area (Å²) in [6.45, 7) is 4.04. The lowest BCUT2D eigenvalue weighted by atomic mass is 9.97. The molecule has 138 valence electrons. The molecule has 1 aliphatic rings. The zero-order chi connectivity index (χ0) is 18.2. The predicted octanol–water partition coefficient (Wildman–Crippen LogP) is 2.39. The summed E-state index contributed by atoms with van der Waals surface area (Å²) < 4.78 is 0. The Morgan fingerprint density at radius 2 is 1.73 bits per heavy atom. The van der Waals surface area contributed by atoms with Crippen LogP contribution in [0.15, 0.2) is 47.8 Å². The van der Waals surface area contributed by atoms with Crippen LogP contribution in [0.25, 0.3) is 0 Å². The molecule has 0 spiro atoms. The maximum atomic E-state index is 12.0. The summed E-state index contributed by atoms with van der Waals surface area (Å²) in [6, 6.07) is 13.8. The number of hydrogen-bond donors (Lipinski definition) is 2. The third-order valence-electron chi connectivity index (χ3n) is 4.72. The number of hydrogen-bond acceptors (Lipinski definition) is 4. The smallest absolute Gasteiger partial charge is 0.309 e. The number of nitrogens with one attached hydrogen (secondary N) is 2. The van der Waals surface area contributed by atoms with Crippen molar-refractivity contribution in [3.63, 3.8) is 0 Å². The Kier molecular flexibility index (Phi) is 6.80. The van der Waals surface area contributed by atoms with Gasteiger partial charge < -0.3 is 10.6 Å². The van der Waals surface area contributed by atoms with E-state index in [1.54, 1.807) is 11.3 Å². The minimum atomic E-state index is -0.566. The molecule has 0 radical (unpaired) electrons. The number of likely N-dealkylation sites (tertiary alicyclic amines) is 1. The summed E-state index contributed by atoms with van der Waals surface area (Å²) in [5.74, 6) is -0.661. The lowest BCUT2D eigenvalue weighted by Crippen LogP contribution is -2.43. The van der Waals surface area contributed by atoms with Gasteiger partial charge in [-0.25, -0.2) is 0 Å². The van der Waals surface area contributed by atoms with Gasteiger partial charge in [-0.2, -0.15) is 0 Å². The standard InChI is InChI=1S/C20H25N3O2S/c24-19(21-13-16-5-2-1-3-6-16)20(25)22-14-17-8-10-23(11-9-17)15-18-7-4-12-26-18/h1-7,12,17H,8-11,13-15H2,(H,21,24)(H,22,25). The van der Waals surface area contributed by atoms with Gasteiger partial charge in [0, 0.05) is 24.5 Å². The number of carbonyl (C=O) groups excluding carboxylic acids is 2. The fourth-order valence-electron chi connectivity index (χ4n) is 3.15. The molecule has 5 nitrogen and oxygen atoms in total. The second-order valence-corrected chi connectivity index (χ2v) is 7.71. The molecule has 0 saturated carbocycles. The number of carbonyl (C=O) groups is 2. The van der Waals surface area contributed by atoms with Crippen LogP contribution in [-0.4, -0.2) is 36.3 Å². The Balaban J connectivity index is 1.32. The van der Waals surface area contributed by atoms with Gasteiger partial charge in [0.15, 0.2) is 0 Å². The first-order valence-electron chi connectivity index (χ1n) is 9.05. The molecule has 0 unspecified atom stereocenters. The topological polar surface area (TPSA) is 61.4 Å². The van der Waals surface area contributed by atoms with Crippen LogP contribution < -0.4 is 10.6 Å². The number of amides is 2. The van der Waals surface area contributed by atoms with Gasteiger partial charge in [0.25, 0.3) is 0 Å². The molecule has 0 bridgehead atoms. The number of nitrogens with zero attached hydrogens (tertiary/aromatic N) is 1. The van der Waals surface area contributed by atoms with Crippen LogP contribution >= 0.6 is 11.3 Å². The average molecular weight is 372 g/mol. The SMILES string of the molecule is O=C(NCc1ccccc1)C(=O)NCC1CCN(Cc2cccs2)CC1. The van der Waals surface area contributed by atoms with Crippen LogP contribution in [0, 0.1) is 5.92 Å². The van der Waals surface area contributed by atoms with Crippen LogP contribution in [0.3, 0.4) is 0 Å². The molecule has 1 aromatic heterocycles. The fourth-order valence-corrected chi connectivity index (χ4v) is 3.89. The van der Waals surface area contributed by atoms with E-state index in [2.05, 4.69) is 33.0 Å². The molecule has 2 heterocycles. The molecule has 0 aliphatic carbocycles. The second-order valence-electron chi connectivity index (χ2n) is 6.68. The van der Waals surface area contributed by atoms with Crippen molar-refractivity contribution in [3.05, 3.63) is 58.3 Å². The molecule has 1 aliphatic heterocycles. The van der Waals surface area contributed by atoms with Gasteiger partial charge in [-0.05, 0) is 48.9 Å². The molecule has 2 aromatic rings. The van der Waals surface area contributed by atoms with E-state index in [0.717, 1.165) is 38.0 Å². The molecule has 1 aromatic carbocycles. The quantitative estimate of drug-likeness (QED) is 0.767. The van der Waals surface area contributed by atoms with E-state index in [9.17, 15) is 9.59 Å². The third kappa shape index (κ3) is 5.68. The summed E-state index contributed by atoms with van der Waals surface area (Å²) in [5.41, 5.74) is 0.978. The first kappa shape index (κ1) is 18.6. The molecule has 6 heteroatoms. The van der Waals surface area contributed by atoms with Crippen molar-refractivity contribution >= 4 is 23.2 Å². The summed E-state index contributed by atoms with van der Waals surface area (Å²) in [6.07, 6.45) is 2.11. The van der Waals surface area contributed by atoms with Crippen LogP contribution in [0.1, 0.15) is 23.3 Å². The molecule has 1 fully saturated rings. The van der Waals surface area contributed by atoms with Gasteiger partial charge in [0.05, 0.1) is 0 Å². The zero-order valence-corrected chi connectivity index (χ0v) is 15.6. The maximum Gasteiger partial charge on any atom is 0.309 e. The van der Waals surface area contributed by atoms with Gasteiger partial charge >= 0.3 is 11.8 Å². The highest BCUT2D eigenvalue weighted by Crippen LogP contribution is 2.20. The van der Waals surface area contributed by atoms with Crippen molar-refractivity contribution in [2.45, 2.75) is 25.9 Å². The monoisotopic (exact) mass is 371 g/mol. The van der Waals surface area contributed by atoms with E-state index in [4.69, 9.17) is 0 Å². The summed E-state index contributed by atoms with van der Waals surface area (Å²) in [7, 11) is 0. The van der Waals surface area contributed by atoms with E-state index in [0.29, 0.717) is 19.0 Å². The molecule has 3 rings (SSSR count). The molecule has 26 heavy (non-hydrogen) atoms. The van der Waals surface area contributed by atoms with Crippen molar-refractivity contribution < 1.29 is 9.59 Å². The Bertz CT molecular complexity index is 695. The van der Waals surface area contributed by atoms with Crippen molar-refractivity contribution in [1.29, 1.82) is 0 Å². The molecule has 0 atom stereocenters. The minimum absolute atomic E-state index is 0.369. The lowest BCUT2D eigenvalue weighted by molar-refractivity contribution is -0.139. The first-order chi connectivity index (χ1) is 12.7. The highest BCUT2D eigenvalue weighted by molar-refractivity contribution is 7.09. The Labute approximate surface area is 158 Å². The summed E-state index contributed by atoms with van der Waals surface area (Å²) in [5, 5.41) is 7.55. The normalized spacial score (nSPS) is 15.5. The number of benzene rings is 1. The van der Waals surface area contributed by atoms with Gasteiger partial charge in [0.1, 0.15) is 0 Å². The summed E-state index contributed by atoms with van der Waals surface area (Å²) in [4.78, 5) is 27.7. The average Bonchev–Trinajstić information content (AvgIpc) is 3.19. The van der Waals surface area contributed by atoms with Gasteiger partial charge in [0.2, 0.25) is 0 Å². The summed E-state index contributed by atoms with van der Waals surface area (Å²) >= 11 is 1.79. The van der Waals surface area contributed by atoms with Crippen LogP contribution in [0.4, 0.5) is 0 Å². The molecule has 2 amide bonds. The molecular weight excluding hydrogens is 346 g/mol. The molecule has 1 saturated heterocycles. The fraction of sp³-hybridized carbons (Fsp3) is 0.400. The number of piperidine rings is 1. The van der Waals surface area contributed by atoms with Crippen LogP contribution in [-0.2, 0) is 22.7 Å². The highest BCUT2D eigenvalue weighted by atomic mass is 32.1. The van der Waals surface area contributed by atoms with Crippen molar-refractivity contribution in [2.75, 3.05) is 19.6 Å². The molecular formula is C20H25N3O2S. The predicted molar refractivity (Wildman–Crippen MR) is 104 cm³/mol. The van der Waals surface area contributed by atoms with E-state index < -0.39 is 11.8 Å². The largest absolute Gasteiger partial charge is 0.348 e.